The molecule has 1 aromatic carbocycles. The third-order valence-electron chi connectivity index (χ3n) is 4.84. The van der Waals surface area contributed by atoms with Crippen molar-refractivity contribution >= 4 is 35.6 Å². The molecule has 1 aromatic heterocycles. The van der Waals surface area contributed by atoms with Gasteiger partial charge < -0.3 is 24.4 Å². The number of nitrogens with zero attached hydrogens (tertiary/aromatic N) is 5. The zero-order valence-electron chi connectivity index (χ0n) is 17.6. The maximum Gasteiger partial charge on any atom is 0.228 e. The minimum absolute atomic E-state index is 0. The Hall–Kier alpha value is -2.04. The summed E-state index contributed by atoms with van der Waals surface area (Å²) in [5.74, 6) is 3.51. The summed E-state index contributed by atoms with van der Waals surface area (Å²) in [4.78, 5) is 13.5. The molecule has 9 heteroatoms. The number of ether oxygens (including phenoxy) is 1. The predicted octanol–water partition coefficient (Wildman–Crippen LogP) is 2.76. The Morgan fingerprint density at radius 3 is 2.59 bits per heavy atom. The normalized spacial score (nSPS) is 14.7. The van der Waals surface area contributed by atoms with Gasteiger partial charge in [0, 0.05) is 52.1 Å². The average Bonchev–Trinajstić information content (AvgIpc) is 3.21. The van der Waals surface area contributed by atoms with Crippen LogP contribution < -0.4 is 15.0 Å². The Morgan fingerprint density at radius 2 is 1.97 bits per heavy atom. The summed E-state index contributed by atoms with van der Waals surface area (Å²) in [5.41, 5.74) is 1.14. The van der Waals surface area contributed by atoms with Crippen LogP contribution >= 0.6 is 24.0 Å². The fourth-order valence-corrected chi connectivity index (χ4v) is 3.27. The van der Waals surface area contributed by atoms with Crippen molar-refractivity contribution in [3.63, 3.8) is 0 Å². The lowest BCUT2D eigenvalue weighted by Gasteiger charge is -2.38. The van der Waals surface area contributed by atoms with Crippen LogP contribution in [0.4, 0.5) is 5.69 Å². The number of hydrogen-bond donors (Lipinski definition) is 1. The Balaban J connectivity index is 0.00000300. The van der Waals surface area contributed by atoms with Crippen LogP contribution in [0.5, 0.6) is 5.75 Å². The van der Waals surface area contributed by atoms with E-state index in [0.717, 1.165) is 49.4 Å². The number of benzene rings is 1. The Labute approximate surface area is 189 Å². The average molecular weight is 514 g/mol. The third-order valence-corrected chi connectivity index (χ3v) is 4.84. The van der Waals surface area contributed by atoms with Crippen molar-refractivity contribution < 1.29 is 9.26 Å². The Bertz CT molecular complexity index is 787. The monoisotopic (exact) mass is 514 g/mol. The molecule has 0 spiro atoms. The number of aliphatic imine (C=N–C) groups is 1. The smallest absolute Gasteiger partial charge is 0.228 e. The van der Waals surface area contributed by atoms with Gasteiger partial charge in [-0.25, -0.2) is 0 Å². The van der Waals surface area contributed by atoms with Crippen molar-refractivity contribution in [3.05, 3.63) is 36.0 Å². The number of halogens is 1. The highest BCUT2D eigenvalue weighted by Gasteiger charge is 2.21. The van der Waals surface area contributed by atoms with Gasteiger partial charge >= 0.3 is 0 Å². The molecule has 2 heterocycles. The van der Waals surface area contributed by atoms with Crippen LogP contribution in [-0.2, 0) is 6.42 Å². The molecular weight excluding hydrogens is 483 g/mol. The molecule has 2 aromatic rings. The summed E-state index contributed by atoms with van der Waals surface area (Å²) in [6.45, 7) is 8.45. The molecule has 1 saturated heterocycles. The van der Waals surface area contributed by atoms with Crippen molar-refractivity contribution in [2.45, 2.75) is 26.2 Å². The standard InChI is InChI=1S/C20H30N6O2.HI/c1-15(2)19-23-18(28-24-19)9-10-22-20(21-3)26-13-11-25(12-14-26)16-7-5-6-8-17(16)27-4;/h5-8,15H,9-14H2,1-4H3,(H,21,22);1H. The molecule has 0 bridgehead atoms. The van der Waals surface area contributed by atoms with E-state index >= 15 is 0 Å². The molecule has 1 aliphatic rings. The molecule has 3 rings (SSSR count). The highest BCUT2D eigenvalue weighted by molar-refractivity contribution is 14.0. The molecule has 0 amide bonds. The van der Waals surface area contributed by atoms with Crippen LogP contribution in [0, 0.1) is 0 Å². The lowest BCUT2D eigenvalue weighted by atomic mass is 10.2. The summed E-state index contributed by atoms with van der Waals surface area (Å²) < 4.78 is 10.8. The summed E-state index contributed by atoms with van der Waals surface area (Å²) in [7, 11) is 3.53. The number of nitrogens with one attached hydrogen (secondary N) is 1. The van der Waals surface area contributed by atoms with Gasteiger partial charge in [0.1, 0.15) is 5.75 Å². The van der Waals surface area contributed by atoms with Crippen molar-refractivity contribution in [2.75, 3.05) is 51.8 Å². The number of rotatable bonds is 6. The summed E-state index contributed by atoms with van der Waals surface area (Å²) in [5, 5.41) is 7.41. The number of piperazine rings is 1. The first-order valence-electron chi connectivity index (χ1n) is 9.78. The van der Waals surface area contributed by atoms with Crippen LogP contribution in [0.25, 0.3) is 0 Å². The van der Waals surface area contributed by atoms with Crippen LogP contribution in [0.2, 0.25) is 0 Å². The molecule has 1 aliphatic heterocycles. The SMILES string of the molecule is CN=C(NCCc1nc(C(C)C)no1)N1CCN(c2ccccc2OC)CC1.I. The van der Waals surface area contributed by atoms with E-state index in [0.29, 0.717) is 18.9 Å². The largest absolute Gasteiger partial charge is 0.495 e. The van der Waals surface area contributed by atoms with Crippen LogP contribution in [0.1, 0.15) is 31.5 Å². The second-order valence-electron chi connectivity index (χ2n) is 7.07. The Kier molecular flexibility index (Phi) is 8.99. The van der Waals surface area contributed by atoms with E-state index in [9.17, 15) is 0 Å². The lowest BCUT2D eigenvalue weighted by Crippen LogP contribution is -2.52. The van der Waals surface area contributed by atoms with Crippen molar-refractivity contribution in [3.8, 4) is 5.75 Å². The molecule has 0 saturated carbocycles. The van der Waals surface area contributed by atoms with Gasteiger partial charge in [-0.2, -0.15) is 4.98 Å². The fourth-order valence-electron chi connectivity index (χ4n) is 3.27. The van der Waals surface area contributed by atoms with Crippen molar-refractivity contribution in [2.24, 2.45) is 4.99 Å². The molecule has 0 unspecified atom stereocenters. The molecule has 0 aliphatic carbocycles. The number of guanidine groups is 1. The van der Waals surface area contributed by atoms with E-state index in [-0.39, 0.29) is 29.9 Å². The van der Waals surface area contributed by atoms with Gasteiger partial charge in [0.25, 0.3) is 0 Å². The maximum atomic E-state index is 5.49. The second kappa shape index (κ2) is 11.2. The van der Waals surface area contributed by atoms with Gasteiger partial charge in [0.15, 0.2) is 11.8 Å². The first-order chi connectivity index (χ1) is 13.6. The number of aromatic nitrogens is 2. The van der Waals surface area contributed by atoms with Crippen LogP contribution in [0.3, 0.4) is 0 Å². The molecule has 0 radical (unpaired) electrons. The first-order valence-corrected chi connectivity index (χ1v) is 9.78. The minimum Gasteiger partial charge on any atom is -0.495 e. The molecule has 160 valence electrons. The molecule has 0 atom stereocenters. The summed E-state index contributed by atoms with van der Waals surface area (Å²) in [6, 6.07) is 8.16. The highest BCUT2D eigenvalue weighted by Crippen LogP contribution is 2.28. The number of para-hydroxylation sites is 2. The fraction of sp³-hybridized carbons (Fsp3) is 0.550. The minimum atomic E-state index is 0. The molecule has 8 nitrogen and oxygen atoms in total. The van der Waals surface area contributed by atoms with E-state index in [4.69, 9.17) is 9.26 Å². The van der Waals surface area contributed by atoms with Gasteiger partial charge in [0.2, 0.25) is 5.89 Å². The molecule has 1 fully saturated rings. The predicted molar refractivity (Wildman–Crippen MR) is 126 cm³/mol. The van der Waals surface area contributed by atoms with E-state index in [2.05, 4.69) is 50.2 Å². The van der Waals surface area contributed by atoms with Gasteiger partial charge in [-0.15, -0.1) is 24.0 Å². The molecular formula is C20H31IN6O2. The maximum absolute atomic E-state index is 5.49. The zero-order valence-corrected chi connectivity index (χ0v) is 19.9. The van der Waals surface area contributed by atoms with Gasteiger partial charge in [-0.3, -0.25) is 4.99 Å². The van der Waals surface area contributed by atoms with Gasteiger partial charge in [0.05, 0.1) is 12.8 Å². The first kappa shape index (κ1) is 23.2. The molecule has 29 heavy (non-hydrogen) atoms. The zero-order chi connectivity index (χ0) is 19.9. The summed E-state index contributed by atoms with van der Waals surface area (Å²) in [6.07, 6.45) is 0.680. The summed E-state index contributed by atoms with van der Waals surface area (Å²) >= 11 is 0. The number of anilines is 1. The van der Waals surface area contributed by atoms with Gasteiger partial charge in [-0.05, 0) is 12.1 Å². The van der Waals surface area contributed by atoms with Crippen molar-refractivity contribution in [1.29, 1.82) is 0 Å². The van der Waals surface area contributed by atoms with Crippen molar-refractivity contribution in [1.82, 2.24) is 20.4 Å². The number of methoxy groups -OCH3 is 1. The van der Waals surface area contributed by atoms with Crippen LogP contribution in [-0.4, -0.2) is 67.9 Å². The van der Waals surface area contributed by atoms with E-state index in [1.807, 2.05) is 25.2 Å². The third kappa shape index (κ3) is 5.97. The van der Waals surface area contributed by atoms with E-state index in [1.54, 1.807) is 7.11 Å². The molecule has 1 N–H and O–H groups in total. The van der Waals surface area contributed by atoms with Gasteiger partial charge in [-0.1, -0.05) is 31.1 Å². The Morgan fingerprint density at radius 1 is 1.24 bits per heavy atom. The second-order valence-corrected chi connectivity index (χ2v) is 7.07. The van der Waals surface area contributed by atoms with E-state index in [1.165, 1.54) is 0 Å². The topological polar surface area (TPSA) is 79.0 Å². The lowest BCUT2D eigenvalue weighted by molar-refractivity contribution is 0.360. The number of hydrogen-bond acceptors (Lipinski definition) is 6. The van der Waals surface area contributed by atoms with Crippen LogP contribution in [0.15, 0.2) is 33.8 Å². The van der Waals surface area contributed by atoms with E-state index < -0.39 is 0 Å². The highest BCUT2D eigenvalue weighted by atomic mass is 127. The quantitative estimate of drug-likeness (QED) is 0.361.